The first-order valence-corrected chi connectivity index (χ1v) is 4.66. The van der Waals surface area contributed by atoms with Crippen molar-refractivity contribution in [1.82, 2.24) is 5.32 Å². The van der Waals surface area contributed by atoms with Crippen LogP contribution in [0.4, 0.5) is 0 Å². The third-order valence-electron chi connectivity index (χ3n) is 2.06. The summed E-state index contributed by atoms with van der Waals surface area (Å²) in [4.78, 5) is 4.55. The Kier molecular flexibility index (Phi) is 1.70. The molecule has 0 aromatic heterocycles. The Bertz CT molecular complexity index is 167. The number of hydrogen-bond acceptors (Lipinski definition) is 3. The van der Waals surface area contributed by atoms with Crippen molar-refractivity contribution in [3.8, 4) is 0 Å². The zero-order chi connectivity index (χ0) is 6.97. The number of rotatable bonds is 0. The summed E-state index contributed by atoms with van der Waals surface area (Å²) in [6, 6.07) is 0.631. The lowest BCUT2D eigenvalue weighted by Crippen LogP contribution is -2.39. The van der Waals surface area contributed by atoms with E-state index >= 15 is 0 Å². The van der Waals surface area contributed by atoms with Gasteiger partial charge < -0.3 is 5.32 Å². The van der Waals surface area contributed by atoms with E-state index in [4.69, 9.17) is 0 Å². The molecule has 1 fully saturated rings. The van der Waals surface area contributed by atoms with E-state index in [1.54, 1.807) is 0 Å². The predicted octanol–water partition coefficient (Wildman–Crippen LogP) is 0.882. The molecule has 0 bridgehead atoms. The monoisotopic (exact) mass is 156 g/mol. The first kappa shape index (κ1) is 6.68. The van der Waals surface area contributed by atoms with Crippen LogP contribution in [0.5, 0.6) is 0 Å². The lowest BCUT2D eigenvalue weighted by atomic mass is 10.1. The first-order valence-electron chi connectivity index (χ1n) is 3.78. The second kappa shape index (κ2) is 2.55. The first-order chi connectivity index (χ1) is 4.86. The Morgan fingerprint density at radius 3 is 3.40 bits per heavy atom. The molecule has 2 unspecified atom stereocenters. The lowest BCUT2D eigenvalue weighted by molar-refractivity contribution is 0.477. The van der Waals surface area contributed by atoms with E-state index in [2.05, 4.69) is 17.2 Å². The molecule has 0 aliphatic carbocycles. The molecule has 1 saturated heterocycles. The molecule has 0 amide bonds. The van der Waals surface area contributed by atoms with Crippen molar-refractivity contribution in [2.24, 2.45) is 4.99 Å². The molecule has 0 radical (unpaired) electrons. The quantitative estimate of drug-likeness (QED) is 0.563. The third kappa shape index (κ3) is 1.08. The molecular formula is C7H12N2S. The topological polar surface area (TPSA) is 24.4 Å². The fraction of sp³-hybridized carbons (Fsp3) is 0.857. The van der Waals surface area contributed by atoms with Gasteiger partial charge in [-0.05, 0) is 19.9 Å². The van der Waals surface area contributed by atoms with Crippen molar-refractivity contribution in [3.05, 3.63) is 0 Å². The summed E-state index contributed by atoms with van der Waals surface area (Å²) >= 11 is 1.94. The van der Waals surface area contributed by atoms with Gasteiger partial charge in [-0.25, -0.2) is 0 Å². The van der Waals surface area contributed by atoms with Crippen LogP contribution >= 0.6 is 11.8 Å². The van der Waals surface area contributed by atoms with Crippen LogP contribution in [0.25, 0.3) is 0 Å². The summed E-state index contributed by atoms with van der Waals surface area (Å²) in [5.74, 6) is 0. The predicted molar refractivity (Wildman–Crippen MR) is 45.8 cm³/mol. The van der Waals surface area contributed by atoms with Crippen LogP contribution in [0, 0.1) is 0 Å². The van der Waals surface area contributed by atoms with Crippen LogP contribution in [0.15, 0.2) is 4.99 Å². The average molecular weight is 156 g/mol. The minimum atomic E-state index is 0.631. The highest BCUT2D eigenvalue weighted by Crippen LogP contribution is 2.29. The van der Waals surface area contributed by atoms with Crippen LogP contribution in [0.1, 0.15) is 13.3 Å². The molecule has 2 rings (SSSR count). The zero-order valence-corrected chi connectivity index (χ0v) is 6.95. The minimum Gasteiger partial charge on any atom is -0.315 e. The molecule has 10 heavy (non-hydrogen) atoms. The molecular weight excluding hydrogens is 144 g/mol. The number of nitrogens with zero attached hydrogens (tertiary/aromatic N) is 1. The van der Waals surface area contributed by atoms with E-state index in [1.165, 1.54) is 11.5 Å². The second-order valence-corrected chi connectivity index (χ2v) is 4.30. The van der Waals surface area contributed by atoms with Gasteiger partial charge in [0.1, 0.15) is 0 Å². The summed E-state index contributed by atoms with van der Waals surface area (Å²) in [7, 11) is 0. The zero-order valence-electron chi connectivity index (χ0n) is 6.13. The van der Waals surface area contributed by atoms with E-state index in [0.29, 0.717) is 6.04 Å². The van der Waals surface area contributed by atoms with Crippen LogP contribution in [0.3, 0.4) is 0 Å². The van der Waals surface area contributed by atoms with Crippen LogP contribution < -0.4 is 5.32 Å². The molecule has 0 aromatic rings. The van der Waals surface area contributed by atoms with Crippen molar-refractivity contribution >= 4 is 16.8 Å². The normalized spacial score (nSPS) is 39.1. The molecule has 0 saturated carbocycles. The van der Waals surface area contributed by atoms with Crippen molar-refractivity contribution in [2.75, 3.05) is 13.1 Å². The molecule has 2 atom stereocenters. The number of hydrogen-bond donors (Lipinski definition) is 1. The summed E-state index contributed by atoms with van der Waals surface area (Å²) in [5, 5.41) is 5.40. The third-order valence-corrected chi connectivity index (χ3v) is 3.29. The van der Waals surface area contributed by atoms with E-state index in [9.17, 15) is 0 Å². The molecule has 2 heterocycles. The highest BCUT2D eigenvalue weighted by atomic mass is 32.2. The average Bonchev–Trinajstić information content (AvgIpc) is 2.27. The Balaban J connectivity index is 2.06. The van der Waals surface area contributed by atoms with Crippen molar-refractivity contribution in [2.45, 2.75) is 24.6 Å². The largest absolute Gasteiger partial charge is 0.315 e. The van der Waals surface area contributed by atoms with Gasteiger partial charge in [-0.2, -0.15) is 0 Å². The fourth-order valence-corrected chi connectivity index (χ4v) is 2.76. The molecule has 2 nitrogen and oxygen atoms in total. The lowest BCUT2D eigenvalue weighted by Gasteiger charge is -2.22. The van der Waals surface area contributed by atoms with Gasteiger partial charge in [0, 0.05) is 11.8 Å². The molecule has 1 N–H and O–H groups in total. The maximum Gasteiger partial charge on any atom is 0.0655 e. The van der Waals surface area contributed by atoms with Gasteiger partial charge in [0.25, 0.3) is 0 Å². The maximum atomic E-state index is 4.55. The van der Waals surface area contributed by atoms with E-state index < -0.39 is 0 Å². The number of fused-ring (bicyclic) bond motifs is 1. The smallest absolute Gasteiger partial charge is 0.0655 e. The number of piperidine rings is 1. The maximum absolute atomic E-state index is 4.55. The number of nitrogens with one attached hydrogen (secondary N) is 1. The molecule has 3 heteroatoms. The summed E-state index contributed by atoms with van der Waals surface area (Å²) in [6.45, 7) is 4.41. The molecule has 2 aliphatic heterocycles. The van der Waals surface area contributed by atoms with Crippen LogP contribution in [-0.4, -0.2) is 29.4 Å². The van der Waals surface area contributed by atoms with Gasteiger partial charge in [0.05, 0.1) is 11.1 Å². The Morgan fingerprint density at radius 1 is 1.70 bits per heavy atom. The van der Waals surface area contributed by atoms with Gasteiger partial charge in [-0.3, -0.25) is 4.99 Å². The van der Waals surface area contributed by atoms with Crippen LogP contribution in [0.2, 0.25) is 0 Å². The van der Waals surface area contributed by atoms with Gasteiger partial charge in [-0.1, -0.05) is 0 Å². The van der Waals surface area contributed by atoms with Crippen molar-refractivity contribution in [1.29, 1.82) is 0 Å². The molecule has 0 aromatic carbocycles. The fourth-order valence-electron chi connectivity index (χ4n) is 1.57. The minimum absolute atomic E-state index is 0.631. The van der Waals surface area contributed by atoms with Crippen LogP contribution in [-0.2, 0) is 0 Å². The number of aliphatic imine (C=N–C) groups is 1. The van der Waals surface area contributed by atoms with E-state index in [-0.39, 0.29) is 0 Å². The summed E-state index contributed by atoms with van der Waals surface area (Å²) in [6.07, 6.45) is 1.23. The van der Waals surface area contributed by atoms with Crippen molar-refractivity contribution < 1.29 is 0 Å². The summed E-state index contributed by atoms with van der Waals surface area (Å²) in [5.41, 5.74) is 0. The standard InChI is InChI=1S/C7H12N2S/c1-5-9-6-2-3-8-4-7(6)10-5/h6-8H,2-4H2,1H3. The Hall–Kier alpha value is -0.0200. The molecule has 0 spiro atoms. The number of thioether (sulfide) groups is 1. The molecule has 2 aliphatic rings. The van der Waals surface area contributed by atoms with Gasteiger partial charge >= 0.3 is 0 Å². The Labute approximate surface area is 65.5 Å². The van der Waals surface area contributed by atoms with E-state index in [0.717, 1.165) is 18.3 Å². The highest BCUT2D eigenvalue weighted by molar-refractivity contribution is 8.14. The summed E-state index contributed by atoms with van der Waals surface area (Å²) < 4.78 is 0. The SMILES string of the molecule is CC1=NC2CCNCC2S1. The van der Waals surface area contributed by atoms with Gasteiger partial charge in [0.15, 0.2) is 0 Å². The van der Waals surface area contributed by atoms with Crippen molar-refractivity contribution in [3.63, 3.8) is 0 Å². The van der Waals surface area contributed by atoms with E-state index in [1.807, 2.05) is 11.8 Å². The Morgan fingerprint density at radius 2 is 2.60 bits per heavy atom. The van der Waals surface area contributed by atoms with Gasteiger partial charge in [0.2, 0.25) is 0 Å². The van der Waals surface area contributed by atoms with Gasteiger partial charge in [-0.15, -0.1) is 11.8 Å². The highest BCUT2D eigenvalue weighted by Gasteiger charge is 2.29. The molecule has 56 valence electrons. The second-order valence-electron chi connectivity index (χ2n) is 2.86.